The number of anilines is 2. The summed E-state index contributed by atoms with van der Waals surface area (Å²) >= 11 is 3.33. The van der Waals surface area contributed by atoms with Crippen LogP contribution in [0.15, 0.2) is 42.2 Å². The summed E-state index contributed by atoms with van der Waals surface area (Å²) in [7, 11) is -1.76. The van der Waals surface area contributed by atoms with E-state index in [1.807, 2.05) is 0 Å². The maximum absolute atomic E-state index is 12.7. The summed E-state index contributed by atoms with van der Waals surface area (Å²) in [6.07, 6.45) is -1.02. The number of carbonyl (C=O) groups is 4. The number of hydrogen-bond donors (Lipinski definition) is 2. The third-order valence-corrected chi connectivity index (χ3v) is 6.10. The lowest BCUT2D eigenvalue weighted by atomic mass is 9.80. The summed E-state index contributed by atoms with van der Waals surface area (Å²) in [6.45, 7) is 31.4. The Morgan fingerprint density at radius 2 is 0.904 bits per heavy atom. The van der Waals surface area contributed by atoms with Crippen molar-refractivity contribution in [2.75, 3.05) is 9.80 Å². The van der Waals surface area contributed by atoms with Gasteiger partial charge in [-0.2, -0.15) is 9.80 Å². The van der Waals surface area contributed by atoms with Gasteiger partial charge in [0.05, 0.1) is 0 Å². The molecule has 2 aromatic heterocycles. The van der Waals surface area contributed by atoms with Crippen LogP contribution in [-0.2, 0) is 18.9 Å². The van der Waals surface area contributed by atoms with Crippen molar-refractivity contribution in [3.05, 3.63) is 53.3 Å². The normalized spacial score (nSPS) is 11.6. The Morgan fingerprint density at radius 3 is 1.17 bits per heavy atom. The van der Waals surface area contributed by atoms with E-state index >= 15 is 0 Å². The van der Waals surface area contributed by atoms with Crippen LogP contribution in [0, 0.1) is 0 Å². The van der Waals surface area contributed by atoms with Gasteiger partial charge in [0.1, 0.15) is 22.4 Å². The molecule has 286 valence electrons. The molecular formula is C36H52BBrN4O10. The number of aromatic nitrogens is 2. The first-order valence-corrected chi connectivity index (χ1v) is 17.0. The van der Waals surface area contributed by atoms with E-state index in [-0.39, 0.29) is 22.7 Å². The van der Waals surface area contributed by atoms with E-state index in [1.165, 1.54) is 12.3 Å². The quantitative estimate of drug-likeness (QED) is 0.220. The first-order chi connectivity index (χ1) is 23.3. The van der Waals surface area contributed by atoms with E-state index in [0.29, 0.717) is 26.1 Å². The molecule has 0 bridgehead atoms. The molecule has 0 radical (unpaired) electrons. The van der Waals surface area contributed by atoms with Crippen molar-refractivity contribution in [3.8, 4) is 0 Å². The van der Waals surface area contributed by atoms with Crippen LogP contribution in [0.1, 0.15) is 108 Å². The number of imide groups is 2. The minimum absolute atomic E-state index is 0.0737. The summed E-state index contributed by atoms with van der Waals surface area (Å²) in [4.78, 5) is 60.5. The molecule has 0 aliphatic carbocycles. The SMILES string of the molecule is C=C(C)c1cc(B(O)O)cnc1N(C(=O)OC(C)(C)C)C(=O)OC(C)(C)C.C=C(C)c1cc(Br)cnc1N(C(=O)OC(C)(C)C)C(=O)OC(C)(C)C. The van der Waals surface area contributed by atoms with Crippen LogP contribution < -0.4 is 15.3 Å². The first kappa shape index (κ1) is 45.7. The van der Waals surface area contributed by atoms with Gasteiger partial charge in [0.15, 0.2) is 11.6 Å². The molecule has 2 N–H and O–H groups in total. The van der Waals surface area contributed by atoms with Crippen molar-refractivity contribution in [2.24, 2.45) is 0 Å². The predicted molar refractivity (Wildman–Crippen MR) is 205 cm³/mol. The minimum Gasteiger partial charge on any atom is -0.443 e. The standard InChI is InChI=1S/C18H27BN2O6.C18H25BrN2O4/c1-11(2)13-9-12(19(24)25)10-20-14(13)21(15(22)26-17(3,4)5)16(23)27-18(6,7)8;1-11(2)13-9-12(19)10-20-14(13)21(15(22)24-17(3,4)5)16(23)25-18(6,7)8/h9-10,24-25H,1H2,2-8H3;9-10H,1H2,2-8H3. The third-order valence-electron chi connectivity index (χ3n) is 5.67. The lowest BCUT2D eigenvalue weighted by molar-refractivity contribution is 0.0406. The number of carbonyl (C=O) groups excluding carboxylic acids is 4. The molecule has 2 aromatic rings. The fourth-order valence-corrected chi connectivity index (χ4v) is 4.09. The molecule has 2 rings (SSSR count). The predicted octanol–water partition coefficient (Wildman–Crippen LogP) is 8.02. The highest BCUT2D eigenvalue weighted by Crippen LogP contribution is 2.30. The summed E-state index contributed by atoms with van der Waals surface area (Å²) < 4.78 is 22.1. The van der Waals surface area contributed by atoms with Crippen LogP contribution >= 0.6 is 15.9 Å². The summed E-state index contributed by atoms with van der Waals surface area (Å²) in [5, 5.41) is 18.7. The van der Waals surface area contributed by atoms with Crippen LogP contribution in [0.4, 0.5) is 30.8 Å². The van der Waals surface area contributed by atoms with Crippen LogP contribution in [-0.4, -0.2) is 73.9 Å². The van der Waals surface area contributed by atoms with Crippen LogP contribution in [0.25, 0.3) is 11.1 Å². The second-order valence-corrected chi connectivity index (χ2v) is 16.6. The highest BCUT2D eigenvalue weighted by Gasteiger charge is 2.37. The monoisotopic (exact) mass is 790 g/mol. The number of ether oxygens (including phenoxy) is 4. The molecule has 0 unspecified atom stereocenters. The Kier molecular flexibility index (Phi) is 15.4. The van der Waals surface area contributed by atoms with Gasteiger partial charge in [0.2, 0.25) is 0 Å². The summed E-state index contributed by atoms with van der Waals surface area (Å²) in [5.41, 5.74) is -1.29. The molecule has 0 fully saturated rings. The van der Waals surface area contributed by atoms with Gasteiger partial charge in [-0.25, -0.2) is 29.1 Å². The molecule has 2 heterocycles. The maximum Gasteiger partial charge on any atom is 0.490 e. The molecule has 0 saturated carbocycles. The van der Waals surface area contributed by atoms with Gasteiger partial charge in [0, 0.05) is 33.5 Å². The van der Waals surface area contributed by atoms with E-state index in [1.54, 1.807) is 103 Å². The van der Waals surface area contributed by atoms with Crippen molar-refractivity contribution in [1.29, 1.82) is 0 Å². The molecule has 0 aromatic carbocycles. The Hall–Kier alpha value is -4.28. The average Bonchev–Trinajstić information content (AvgIpc) is 2.90. The first-order valence-electron chi connectivity index (χ1n) is 16.2. The highest BCUT2D eigenvalue weighted by molar-refractivity contribution is 9.10. The van der Waals surface area contributed by atoms with E-state index < -0.39 is 53.9 Å². The van der Waals surface area contributed by atoms with Gasteiger partial charge < -0.3 is 29.0 Å². The number of allylic oxidation sites excluding steroid dienone is 2. The Bertz CT molecular complexity index is 1610. The molecular weight excluding hydrogens is 739 g/mol. The molecule has 4 amide bonds. The fourth-order valence-electron chi connectivity index (χ4n) is 3.76. The van der Waals surface area contributed by atoms with Crippen LogP contribution in [0.3, 0.4) is 0 Å². The van der Waals surface area contributed by atoms with Crippen LogP contribution in [0.2, 0.25) is 0 Å². The molecule has 0 aliphatic heterocycles. The molecule has 16 heteroatoms. The van der Waals surface area contributed by atoms with E-state index in [0.717, 1.165) is 11.1 Å². The molecule has 0 spiro atoms. The summed E-state index contributed by atoms with van der Waals surface area (Å²) in [6, 6.07) is 3.11. The smallest absolute Gasteiger partial charge is 0.443 e. The van der Waals surface area contributed by atoms with Gasteiger partial charge in [-0.05, 0) is 136 Å². The fraction of sp³-hybridized carbons (Fsp3) is 0.500. The van der Waals surface area contributed by atoms with E-state index in [4.69, 9.17) is 18.9 Å². The van der Waals surface area contributed by atoms with Gasteiger partial charge >= 0.3 is 31.5 Å². The number of amides is 4. The van der Waals surface area contributed by atoms with E-state index in [9.17, 15) is 29.2 Å². The molecule has 14 nitrogen and oxygen atoms in total. The molecule has 0 saturated heterocycles. The van der Waals surface area contributed by atoms with Crippen molar-refractivity contribution >= 4 is 75.7 Å². The van der Waals surface area contributed by atoms with Crippen molar-refractivity contribution in [3.63, 3.8) is 0 Å². The van der Waals surface area contributed by atoms with Gasteiger partial charge in [0.25, 0.3) is 0 Å². The van der Waals surface area contributed by atoms with E-state index in [2.05, 4.69) is 39.1 Å². The van der Waals surface area contributed by atoms with Gasteiger partial charge in [-0.3, -0.25) is 0 Å². The van der Waals surface area contributed by atoms with Crippen molar-refractivity contribution < 1.29 is 48.2 Å². The number of hydrogen-bond acceptors (Lipinski definition) is 12. The van der Waals surface area contributed by atoms with Gasteiger partial charge in [-0.15, -0.1) is 0 Å². The lowest BCUT2D eigenvalue weighted by Gasteiger charge is -2.29. The largest absolute Gasteiger partial charge is 0.490 e. The second kappa shape index (κ2) is 17.5. The van der Waals surface area contributed by atoms with Crippen molar-refractivity contribution in [1.82, 2.24) is 9.97 Å². The zero-order chi connectivity index (χ0) is 40.7. The Morgan fingerprint density at radius 1 is 0.615 bits per heavy atom. The second-order valence-electron chi connectivity index (χ2n) is 15.7. The number of nitrogens with zero attached hydrogens (tertiary/aromatic N) is 4. The van der Waals surface area contributed by atoms with Gasteiger partial charge in [-0.1, -0.05) is 13.2 Å². The number of halogens is 1. The zero-order valence-electron chi connectivity index (χ0n) is 32.6. The Balaban J connectivity index is 0.000000522. The molecule has 0 atom stereocenters. The Labute approximate surface area is 315 Å². The number of pyridine rings is 2. The molecule has 0 aliphatic rings. The minimum atomic E-state index is -1.76. The van der Waals surface area contributed by atoms with Crippen LogP contribution in [0.5, 0.6) is 0 Å². The molecule has 52 heavy (non-hydrogen) atoms. The maximum atomic E-state index is 12.7. The lowest BCUT2D eigenvalue weighted by Crippen LogP contribution is -2.45. The number of rotatable bonds is 5. The van der Waals surface area contributed by atoms with Crippen molar-refractivity contribution in [2.45, 2.75) is 119 Å². The third kappa shape index (κ3) is 15.1. The zero-order valence-corrected chi connectivity index (χ0v) is 34.2. The topological polar surface area (TPSA) is 178 Å². The summed E-state index contributed by atoms with van der Waals surface area (Å²) in [5.74, 6) is 0.0367. The highest BCUT2D eigenvalue weighted by atomic mass is 79.9. The average molecular weight is 792 g/mol.